The van der Waals surface area contributed by atoms with Crippen molar-refractivity contribution in [1.82, 2.24) is 10.2 Å². The predicted molar refractivity (Wildman–Crippen MR) is 86.0 cm³/mol. The number of amides is 1. The summed E-state index contributed by atoms with van der Waals surface area (Å²) in [6.07, 6.45) is 2.27. The van der Waals surface area contributed by atoms with Gasteiger partial charge in [-0.1, -0.05) is 17.7 Å². The Morgan fingerprint density at radius 1 is 1.50 bits per heavy atom. The Kier molecular flexibility index (Phi) is 6.80. The zero-order valence-electron chi connectivity index (χ0n) is 12.0. The highest BCUT2D eigenvalue weighted by molar-refractivity contribution is 6.31. The van der Waals surface area contributed by atoms with Crippen molar-refractivity contribution in [2.75, 3.05) is 26.7 Å². The molecular formula is C15H22Cl2N2O. The molecule has 3 nitrogen and oxygen atoms in total. The van der Waals surface area contributed by atoms with Crippen molar-refractivity contribution in [3.05, 3.63) is 34.3 Å². The lowest BCUT2D eigenvalue weighted by Gasteiger charge is -2.33. The zero-order valence-corrected chi connectivity index (χ0v) is 13.6. The molecule has 0 bridgehead atoms. The number of likely N-dealkylation sites (tertiary alicyclic amines) is 1. The van der Waals surface area contributed by atoms with E-state index in [2.05, 4.69) is 5.32 Å². The SMILES string of the molecule is CNCC1CCCN(C(=O)c2cc(Cl)ccc2C)C1.Cl. The lowest BCUT2D eigenvalue weighted by molar-refractivity contribution is 0.0673. The summed E-state index contributed by atoms with van der Waals surface area (Å²) in [5.41, 5.74) is 1.72. The Morgan fingerprint density at radius 2 is 2.25 bits per heavy atom. The number of hydrogen-bond donors (Lipinski definition) is 1. The number of nitrogens with one attached hydrogen (secondary N) is 1. The van der Waals surface area contributed by atoms with Gasteiger partial charge in [-0.05, 0) is 57.0 Å². The van der Waals surface area contributed by atoms with Gasteiger partial charge in [0.15, 0.2) is 0 Å². The molecule has 0 radical (unpaired) electrons. The molecular weight excluding hydrogens is 295 g/mol. The lowest BCUT2D eigenvalue weighted by atomic mass is 9.97. The van der Waals surface area contributed by atoms with Crippen molar-refractivity contribution in [2.45, 2.75) is 19.8 Å². The van der Waals surface area contributed by atoms with E-state index in [-0.39, 0.29) is 18.3 Å². The van der Waals surface area contributed by atoms with Crippen LogP contribution < -0.4 is 5.32 Å². The van der Waals surface area contributed by atoms with Gasteiger partial charge in [0.2, 0.25) is 0 Å². The molecule has 1 amide bonds. The van der Waals surface area contributed by atoms with Crippen LogP contribution in [0.15, 0.2) is 18.2 Å². The summed E-state index contributed by atoms with van der Waals surface area (Å²) in [5, 5.41) is 3.82. The van der Waals surface area contributed by atoms with Gasteiger partial charge in [0.25, 0.3) is 5.91 Å². The minimum absolute atomic E-state index is 0. The molecule has 0 spiro atoms. The van der Waals surface area contributed by atoms with E-state index in [9.17, 15) is 4.79 Å². The van der Waals surface area contributed by atoms with E-state index in [0.29, 0.717) is 10.9 Å². The molecule has 0 aromatic heterocycles. The van der Waals surface area contributed by atoms with Crippen molar-refractivity contribution >= 4 is 29.9 Å². The minimum Gasteiger partial charge on any atom is -0.338 e. The molecule has 1 aromatic rings. The summed E-state index contributed by atoms with van der Waals surface area (Å²) >= 11 is 6.00. The summed E-state index contributed by atoms with van der Waals surface area (Å²) in [4.78, 5) is 14.5. The Bertz CT molecular complexity index is 463. The van der Waals surface area contributed by atoms with Crippen LogP contribution in [0.2, 0.25) is 5.02 Å². The van der Waals surface area contributed by atoms with E-state index in [1.54, 1.807) is 6.07 Å². The summed E-state index contributed by atoms with van der Waals surface area (Å²) in [6, 6.07) is 5.51. The predicted octanol–water partition coefficient (Wildman–Crippen LogP) is 3.14. The number of aryl methyl sites for hydroxylation is 1. The fourth-order valence-corrected chi connectivity index (χ4v) is 2.87. The van der Waals surface area contributed by atoms with Crippen molar-refractivity contribution in [1.29, 1.82) is 0 Å². The molecule has 1 aliphatic rings. The second-order valence-electron chi connectivity index (χ2n) is 5.28. The van der Waals surface area contributed by atoms with Gasteiger partial charge in [0, 0.05) is 23.7 Å². The van der Waals surface area contributed by atoms with Crippen LogP contribution in [0.1, 0.15) is 28.8 Å². The van der Waals surface area contributed by atoms with Crippen molar-refractivity contribution in [3.8, 4) is 0 Å². The Labute approximate surface area is 132 Å². The molecule has 1 fully saturated rings. The van der Waals surface area contributed by atoms with E-state index in [4.69, 9.17) is 11.6 Å². The first-order valence-corrected chi connectivity index (χ1v) is 7.19. The normalized spacial score (nSPS) is 18.6. The molecule has 1 N–H and O–H groups in total. The van der Waals surface area contributed by atoms with Crippen LogP contribution in [0.3, 0.4) is 0 Å². The lowest BCUT2D eigenvalue weighted by Crippen LogP contribution is -2.42. The second kappa shape index (κ2) is 7.87. The summed E-state index contributed by atoms with van der Waals surface area (Å²) in [5.74, 6) is 0.669. The average Bonchev–Trinajstić information content (AvgIpc) is 2.41. The third-order valence-electron chi connectivity index (χ3n) is 3.73. The smallest absolute Gasteiger partial charge is 0.254 e. The molecule has 20 heavy (non-hydrogen) atoms. The number of carbonyl (C=O) groups excluding carboxylic acids is 1. The first kappa shape index (κ1) is 17.3. The molecule has 2 rings (SSSR count). The number of carbonyl (C=O) groups is 1. The van der Waals surface area contributed by atoms with Gasteiger partial charge in [-0.15, -0.1) is 12.4 Å². The molecule has 5 heteroatoms. The molecule has 1 atom stereocenters. The fraction of sp³-hybridized carbons (Fsp3) is 0.533. The molecule has 112 valence electrons. The molecule has 1 unspecified atom stereocenters. The first-order valence-electron chi connectivity index (χ1n) is 6.82. The van der Waals surface area contributed by atoms with Crippen molar-refractivity contribution in [2.24, 2.45) is 5.92 Å². The number of benzene rings is 1. The fourth-order valence-electron chi connectivity index (χ4n) is 2.70. The summed E-state index contributed by atoms with van der Waals surface area (Å²) in [6.45, 7) is 4.62. The standard InChI is InChI=1S/C15H21ClN2O.ClH/c1-11-5-6-13(16)8-14(11)15(19)18-7-3-4-12(10-18)9-17-2;/h5-6,8,12,17H,3-4,7,9-10H2,1-2H3;1H. The minimum atomic E-state index is 0. The van der Waals surface area contributed by atoms with Gasteiger partial charge in [-0.2, -0.15) is 0 Å². The number of hydrogen-bond acceptors (Lipinski definition) is 2. The number of halogens is 2. The van der Waals surface area contributed by atoms with Crippen molar-refractivity contribution < 1.29 is 4.79 Å². The highest BCUT2D eigenvalue weighted by atomic mass is 35.5. The van der Waals surface area contributed by atoms with Crippen molar-refractivity contribution in [3.63, 3.8) is 0 Å². The van der Waals surface area contributed by atoms with Gasteiger partial charge in [0.05, 0.1) is 0 Å². The quantitative estimate of drug-likeness (QED) is 0.929. The van der Waals surface area contributed by atoms with E-state index >= 15 is 0 Å². The van der Waals surface area contributed by atoms with Gasteiger partial charge < -0.3 is 10.2 Å². The maximum Gasteiger partial charge on any atom is 0.254 e. The number of rotatable bonds is 3. The topological polar surface area (TPSA) is 32.3 Å². The van der Waals surface area contributed by atoms with E-state index in [1.165, 1.54) is 6.42 Å². The van der Waals surface area contributed by atoms with Crippen LogP contribution in [-0.2, 0) is 0 Å². The third-order valence-corrected chi connectivity index (χ3v) is 3.96. The third kappa shape index (κ3) is 4.11. The van der Waals surface area contributed by atoms with Crippen LogP contribution in [0.25, 0.3) is 0 Å². The summed E-state index contributed by atoms with van der Waals surface area (Å²) in [7, 11) is 1.96. The van der Waals surface area contributed by atoms with Crippen LogP contribution in [-0.4, -0.2) is 37.5 Å². The number of nitrogens with zero attached hydrogens (tertiary/aromatic N) is 1. The Hall–Kier alpha value is -0.770. The number of piperidine rings is 1. The molecule has 1 aliphatic heterocycles. The van der Waals surface area contributed by atoms with E-state index in [1.807, 2.05) is 31.0 Å². The van der Waals surface area contributed by atoms with Crippen LogP contribution in [0.4, 0.5) is 0 Å². The van der Waals surface area contributed by atoms with Gasteiger partial charge >= 0.3 is 0 Å². The van der Waals surface area contributed by atoms with Crippen LogP contribution in [0, 0.1) is 12.8 Å². The van der Waals surface area contributed by atoms with Gasteiger partial charge in [-0.3, -0.25) is 4.79 Å². The monoisotopic (exact) mass is 316 g/mol. The highest BCUT2D eigenvalue weighted by Gasteiger charge is 2.24. The largest absolute Gasteiger partial charge is 0.338 e. The van der Waals surface area contributed by atoms with Crippen LogP contribution >= 0.6 is 24.0 Å². The molecule has 0 aliphatic carbocycles. The molecule has 0 saturated carbocycles. The van der Waals surface area contributed by atoms with Gasteiger partial charge in [0.1, 0.15) is 0 Å². The molecule has 1 heterocycles. The average molecular weight is 317 g/mol. The maximum atomic E-state index is 12.6. The maximum absolute atomic E-state index is 12.6. The second-order valence-corrected chi connectivity index (χ2v) is 5.71. The Morgan fingerprint density at radius 3 is 2.95 bits per heavy atom. The Balaban J connectivity index is 0.00000200. The first-order chi connectivity index (χ1) is 9.11. The molecule has 1 saturated heterocycles. The zero-order chi connectivity index (χ0) is 13.8. The van der Waals surface area contributed by atoms with E-state index < -0.39 is 0 Å². The van der Waals surface area contributed by atoms with Crippen LogP contribution in [0.5, 0.6) is 0 Å². The molecule has 1 aromatic carbocycles. The summed E-state index contributed by atoms with van der Waals surface area (Å²) < 4.78 is 0. The van der Waals surface area contributed by atoms with Gasteiger partial charge in [-0.25, -0.2) is 0 Å². The highest BCUT2D eigenvalue weighted by Crippen LogP contribution is 2.21. The van der Waals surface area contributed by atoms with E-state index in [0.717, 1.165) is 37.2 Å².